The van der Waals surface area contributed by atoms with Crippen LogP contribution in [0.5, 0.6) is 0 Å². The molecule has 1 aromatic carbocycles. The molecule has 1 spiro atoms. The van der Waals surface area contributed by atoms with Gasteiger partial charge in [0.1, 0.15) is 6.23 Å². The minimum atomic E-state index is -0.965. The van der Waals surface area contributed by atoms with Crippen molar-refractivity contribution in [2.75, 3.05) is 5.32 Å². The number of nitrogens with one attached hydrogen (secondary N) is 2. The molecule has 2 heterocycles. The Hall–Kier alpha value is -1.88. The van der Waals surface area contributed by atoms with Gasteiger partial charge in [-0.25, -0.2) is 0 Å². The van der Waals surface area contributed by atoms with Crippen molar-refractivity contribution in [1.82, 2.24) is 5.32 Å². The molecule has 1 saturated heterocycles. The number of hydrogen-bond donors (Lipinski definition) is 3. The van der Waals surface area contributed by atoms with Gasteiger partial charge in [-0.05, 0) is 11.6 Å². The Bertz CT molecular complexity index is 514. The number of benzene rings is 1. The number of para-hydroxylation sites is 1. The molecule has 1 unspecified atom stereocenters. The van der Waals surface area contributed by atoms with E-state index in [9.17, 15) is 14.7 Å². The smallest absolute Gasteiger partial charge is 0.235 e. The number of carbonyl (C=O) groups excluding carboxylic acids is 2. The van der Waals surface area contributed by atoms with Crippen LogP contribution < -0.4 is 10.6 Å². The Morgan fingerprint density at radius 2 is 2.06 bits per heavy atom. The standard InChI is InChI=1S/C12H12N2O3/c15-9-5-12(6-10(16)14-9)7-3-1-2-4-8(7)13-11(12)17/h1-4,9,15H,5-6H2,(H,13,17)(H,14,16)/t9?,12-/m0/s1. The zero-order valence-corrected chi connectivity index (χ0v) is 9.06. The zero-order valence-electron chi connectivity index (χ0n) is 9.06. The number of carbonyl (C=O) groups is 2. The molecular formula is C12H12N2O3. The van der Waals surface area contributed by atoms with Crippen LogP contribution in [-0.4, -0.2) is 23.1 Å². The molecule has 1 aromatic rings. The number of anilines is 1. The van der Waals surface area contributed by atoms with E-state index in [1.165, 1.54) is 0 Å². The van der Waals surface area contributed by atoms with Crippen LogP contribution in [0.4, 0.5) is 5.69 Å². The van der Waals surface area contributed by atoms with Crippen LogP contribution in [0.3, 0.4) is 0 Å². The molecule has 2 amide bonds. The summed E-state index contributed by atoms with van der Waals surface area (Å²) in [5.74, 6) is -0.497. The molecule has 88 valence electrons. The topological polar surface area (TPSA) is 78.4 Å². The van der Waals surface area contributed by atoms with Gasteiger partial charge >= 0.3 is 0 Å². The third-order valence-corrected chi connectivity index (χ3v) is 3.46. The number of hydrogen-bond acceptors (Lipinski definition) is 3. The van der Waals surface area contributed by atoms with Gasteiger partial charge in [0.25, 0.3) is 0 Å². The molecule has 1 fully saturated rings. The van der Waals surface area contributed by atoms with Gasteiger partial charge in [0.05, 0.1) is 5.41 Å². The summed E-state index contributed by atoms with van der Waals surface area (Å²) < 4.78 is 0. The SMILES string of the molecule is O=C1C[C@]2(CC(O)N1)C(=O)Nc1ccccc12. The quantitative estimate of drug-likeness (QED) is 0.594. The fourth-order valence-electron chi connectivity index (χ4n) is 2.72. The first-order valence-electron chi connectivity index (χ1n) is 5.50. The summed E-state index contributed by atoms with van der Waals surface area (Å²) in [6.45, 7) is 0. The molecule has 0 saturated carbocycles. The van der Waals surface area contributed by atoms with Gasteiger partial charge in [0.2, 0.25) is 11.8 Å². The Kier molecular flexibility index (Phi) is 2.00. The molecule has 3 rings (SSSR count). The molecule has 0 bridgehead atoms. The molecule has 5 nitrogen and oxygen atoms in total. The average molecular weight is 232 g/mol. The summed E-state index contributed by atoms with van der Waals surface area (Å²) in [5, 5.41) is 14.8. The van der Waals surface area contributed by atoms with Gasteiger partial charge in [-0.3, -0.25) is 9.59 Å². The molecule has 0 aromatic heterocycles. The van der Waals surface area contributed by atoms with Crippen molar-refractivity contribution in [3.8, 4) is 0 Å². The zero-order chi connectivity index (χ0) is 12.0. The molecule has 3 N–H and O–H groups in total. The molecule has 2 aliphatic rings. The highest BCUT2D eigenvalue weighted by atomic mass is 16.3. The van der Waals surface area contributed by atoms with Crippen molar-refractivity contribution in [1.29, 1.82) is 0 Å². The summed E-state index contributed by atoms with van der Waals surface area (Å²) in [6, 6.07) is 7.30. The predicted octanol–water partition coefficient (Wildman–Crippen LogP) is 0.105. The fourth-order valence-corrected chi connectivity index (χ4v) is 2.72. The van der Waals surface area contributed by atoms with Crippen LogP contribution in [0.1, 0.15) is 18.4 Å². The van der Waals surface area contributed by atoms with Crippen molar-refractivity contribution < 1.29 is 14.7 Å². The molecule has 17 heavy (non-hydrogen) atoms. The summed E-state index contributed by atoms with van der Waals surface area (Å²) in [7, 11) is 0. The normalized spacial score (nSPS) is 31.0. The second kappa shape index (κ2) is 3.30. The van der Waals surface area contributed by atoms with Gasteiger partial charge in [0, 0.05) is 18.5 Å². The van der Waals surface area contributed by atoms with Crippen molar-refractivity contribution >= 4 is 17.5 Å². The first-order valence-corrected chi connectivity index (χ1v) is 5.50. The van der Waals surface area contributed by atoms with Crippen molar-refractivity contribution in [2.45, 2.75) is 24.5 Å². The Morgan fingerprint density at radius 1 is 1.29 bits per heavy atom. The Labute approximate surface area is 97.8 Å². The molecule has 0 radical (unpaired) electrons. The first kappa shape index (κ1) is 10.3. The third-order valence-electron chi connectivity index (χ3n) is 3.46. The number of fused-ring (bicyclic) bond motifs is 2. The molecule has 5 heteroatoms. The third kappa shape index (κ3) is 1.36. The van der Waals surface area contributed by atoms with Crippen LogP contribution in [-0.2, 0) is 15.0 Å². The minimum Gasteiger partial charge on any atom is -0.374 e. The molecular weight excluding hydrogens is 220 g/mol. The van der Waals surface area contributed by atoms with E-state index in [0.717, 1.165) is 11.3 Å². The molecule has 0 aliphatic carbocycles. The summed E-state index contributed by atoms with van der Waals surface area (Å²) in [4.78, 5) is 23.6. The van der Waals surface area contributed by atoms with Gasteiger partial charge in [-0.1, -0.05) is 18.2 Å². The first-order chi connectivity index (χ1) is 8.12. The van der Waals surface area contributed by atoms with E-state index in [-0.39, 0.29) is 24.7 Å². The number of aliphatic hydroxyl groups excluding tert-OH is 1. The van der Waals surface area contributed by atoms with Gasteiger partial charge in [0.15, 0.2) is 0 Å². The maximum atomic E-state index is 12.1. The number of amides is 2. The second-order valence-corrected chi connectivity index (χ2v) is 4.55. The second-order valence-electron chi connectivity index (χ2n) is 4.55. The van der Waals surface area contributed by atoms with Gasteiger partial charge in [-0.2, -0.15) is 0 Å². The van der Waals surface area contributed by atoms with Crippen LogP contribution >= 0.6 is 0 Å². The summed E-state index contributed by atoms with van der Waals surface area (Å²) >= 11 is 0. The lowest BCUT2D eigenvalue weighted by Crippen LogP contribution is -2.52. The Balaban J connectivity index is 2.12. The largest absolute Gasteiger partial charge is 0.374 e. The summed E-state index contributed by atoms with van der Waals surface area (Å²) in [5.41, 5.74) is 0.636. The molecule has 2 atom stereocenters. The van der Waals surface area contributed by atoms with E-state index in [1.54, 1.807) is 6.07 Å². The number of piperidine rings is 1. The Morgan fingerprint density at radius 3 is 2.82 bits per heavy atom. The lowest BCUT2D eigenvalue weighted by Gasteiger charge is -2.34. The van der Waals surface area contributed by atoms with Crippen LogP contribution in [0.15, 0.2) is 24.3 Å². The lowest BCUT2D eigenvalue weighted by molar-refractivity contribution is -0.136. The highest BCUT2D eigenvalue weighted by Gasteiger charge is 2.51. The highest BCUT2D eigenvalue weighted by Crippen LogP contribution is 2.44. The lowest BCUT2D eigenvalue weighted by atomic mass is 9.73. The predicted molar refractivity (Wildman–Crippen MR) is 60.1 cm³/mol. The van der Waals surface area contributed by atoms with Gasteiger partial charge < -0.3 is 15.7 Å². The monoisotopic (exact) mass is 232 g/mol. The number of rotatable bonds is 0. The van der Waals surface area contributed by atoms with E-state index in [0.29, 0.717) is 0 Å². The minimum absolute atomic E-state index is 0.0902. The highest BCUT2D eigenvalue weighted by molar-refractivity contribution is 6.08. The molecule has 2 aliphatic heterocycles. The van der Waals surface area contributed by atoms with Crippen molar-refractivity contribution in [3.05, 3.63) is 29.8 Å². The van der Waals surface area contributed by atoms with Crippen molar-refractivity contribution in [3.63, 3.8) is 0 Å². The van der Waals surface area contributed by atoms with Crippen LogP contribution in [0.25, 0.3) is 0 Å². The summed E-state index contributed by atoms with van der Waals surface area (Å²) in [6.07, 6.45) is -0.651. The fraction of sp³-hybridized carbons (Fsp3) is 0.333. The van der Waals surface area contributed by atoms with E-state index in [4.69, 9.17) is 0 Å². The van der Waals surface area contributed by atoms with Crippen LogP contribution in [0, 0.1) is 0 Å². The average Bonchev–Trinajstić information content (AvgIpc) is 2.51. The van der Waals surface area contributed by atoms with E-state index >= 15 is 0 Å². The maximum Gasteiger partial charge on any atom is 0.235 e. The van der Waals surface area contributed by atoms with Gasteiger partial charge in [-0.15, -0.1) is 0 Å². The van der Waals surface area contributed by atoms with E-state index < -0.39 is 11.6 Å². The van der Waals surface area contributed by atoms with E-state index in [1.807, 2.05) is 18.2 Å². The van der Waals surface area contributed by atoms with Crippen molar-refractivity contribution in [2.24, 2.45) is 0 Å². The van der Waals surface area contributed by atoms with E-state index in [2.05, 4.69) is 10.6 Å². The van der Waals surface area contributed by atoms with Crippen LogP contribution in [0.2, 0.25) is 0 Å². The number of aliphatic hydroxyl groups is 1. The maximum absolute atomic E-state index is 12.1.